The van der Waals surface area contributed by atoms with Crippen LogP contribution in [0.3, 0.4) is 0 Å². The minimum Gasteiger partial charge on any atom is -0.350 e. The van der Waals surface area contributed by atoms with E-state index in [2.05, 4.69) is 15.0 Å². The summed E-state index contributed by atoms with van der Waals surface area (Å²) in [5.41, 5.74) is 2.40. The first-order chi connectivity index (χ1) is 11.7. The van der Waals surface area contributed by atoms with Gasteiger partial charge in [-0.3, -0.25) is 13.9 Å². The number of amides is 1. The highest BCUT2D eigenvalue weighted by atomic mass is 32.2. The van der Waals surface area contributed by atoms with E-state index >= 15 is 0 Å². The zero-order chi connectivity index (χ0) is 18.6. The van der Waals surface area contributed by atoms with Crippen molar-refractivity contribution in [1.82, 2.24) is 10.3 Å². The first kappa shape index (κ1) is 19.2. The molecule has 0 aliphatic carbocycles. The summed E-state index contributed by atoms with van der Waals surface area (Å²) in [4.78, 5) is 15.3. The van der Waals surface area contributed by atoms with E-state index < -0.39 is 16.7 Å². The lowest BCUT2D eigenvalue weighted by Crippen LogP contribution is -2.30. The van der Waals surface area contributed by atoms with E-state index in [-0.39, 0.29) is 30.5 Å². The van der Waals surface area contributed by atoms with Gasteiger partial charge in [0.25, 0.3) is 5.91 Å². The molecule has 2 aromatic rings. The summed E-state index contributed by atoms with van der Waals surface area (Å²) < 4.78 is 38.7. The molecule has 6 nitrogen and oxygen atoms in total. The van der Waals surface area contributed by atoms with Gasteiger partial charge in [-0.2, -0.15) is 0 Å². The van der Waals surface area contributed by atoms with Crippen LogP contribution in [0.5, 0.6) is 0 Å². The molecule has 1 aromatic heterocycles. The number of carbonyl (C=O) groups excluding carboxylic acids is 1. The van der Waals surface area contributed by atoms with Crippen molar-refractivity contribution in [2.75, 3.05) is 17.1 Å². The average Bonchev–Trinajstić information content (AvgIpc) is 2.83. The van der Waals surface area contributed by atoms with E-state index in [1.54, 1.807) is 18.2 Å². The van der Waals surface area contributed by atoms with Crippen LogP contribution in [0.2, 0.25) is 0 Å². The number of alkyl halides is 1. The topological polar surface area (TPSA) is 91.1 Å². The van der Waals surface area contributed by atoms with E-state index in [0.717, 1.165) is 16.5 Å². The number of hydrogen-bond donors (Lipinski definition) is 3. The Morgan fingerprint density at radius 1 is 1.28 bits per heavy atom. The largest absolute Gasteiger partial charge is 0.350 e. The van der Waals surface area contributed by atoms with Gasteiger partial charge in [0.15, 0.2) is 0 Å². The molecule has 0 aliphatic rings. The average molecular weight is 369 g/mol. The minimum absolute atomic E-state index is 0.0185. The van der Waals surface area contributed by atoms with Crippen molar-refractivity contribution in [3.63, 3.8) is 0 Å². The van der Waals surface area contributed by atoms with Crippen LogP contribution >= 0.6 is 0 Å². The lowest BCUT2D eigenvalue weighted by atomic mass is 10.1. The quantitative estimate of drug-likeness (QED) is 0.625. The van der Waals surface area contributed by atoms with E-state index in [1.165, 1.54) is 0 Å². The maximum absolute atomic E-state index is 12.2. The molecule has 0 spiro atoms. The molecule has 1 amide bonds. The van der Waals surface area contributed by atoms with Gasteiger partial charge in [0.2, 0.25) is 10.0 Å². The molecule has 0 aliphatic heterocycles. The molecule has 25 heavy (non-hydrogen) atoms. The van der Waals surface area contributed by atoms with Gasteiger partial charge in [-0.15, -0.1) is 0 Å². The molecule has 0 saturated heterocycles. The van der Waals surface area contributed by atoms with Gasteiger partial charge in [0, 0.05) is 22.6 Å². The summed E-state index contributed by atoms with van der Waals surface area (Å²) in [7, 11) is -3.52. The first-order valence-corrected chi connectivity index (χ1v) is 9.88. The van der Waals surface area contributed by atoms with Crippen molar-refractivity contribution in [2.24, 2.45) is 0 Å². The van der Waals surface area contributed by atoms with Gasteiger partial charge in [-0.25, -0.2) is 8.42 Å². The van der Waals surface area contributed by atoms with Gasteiger partial charge in [0.1, 0.15) is 5.69 Å². The van der Waals surface area contributed by atoms with Gasteiger partial charge >= 0.3 is 0 Å². The molecule has 0 radical (unpaired) electrons. The molecule has 0 fully saturated rings. The lowest BCUT2D eigenvalue weighted by Gasteiger charge is -2.08. The fourth-order valence-electron chi connectivity index (χ4n) is 2.57. The number of hydrogen-bond acceptors (Lipinski definition) is 3. The zero-order valence-corrected chi connectivity index (χ0v) is 15.5. The molecular formula is C17H24FN3O3S. The standard InChI is InChI=1S/C17H24FN3O3S/c1-11(2)19-17(22)16-12(3)14-10-13(6-7-15(14)20-16)21-25(23,24)9-5-4-8-18/h6-7,10-11,20-21H,4-5,8-9H2,1-3H3,(H,19,22). The number of fused-ring (bicyclic) bond motifs is 1. The predicted molar refractivity (Wildman–Crippen MR) is 98.3 cm³/mol. The SMILES string of the molecule is Cc1c(C(=O)NC(C)C)[nH]c2ccc(NS(=O)(=O)CCCCF)cc12. The molecule has 0 unspecified atom stereocenters. The number of halogens is 1. The third-order valence-electron chi connectivity index (χ3n) is 3.78. The second kappa shape index (κ2) is 7.86. The number of anilines is 1. The summed E-state index contributed by atoms with van der Waals surface area (Å²) in [5, 5.41) is 3.61. The van der Waals surface area contributed by atoms with Gasteiger partial charge in [-0.05, 0) is 57.4 Å². The summed E-state index contributed by atoms with van der Waals surface area (Å²) >= 11 is 0. The molecule has 8 heteroatoms. The van der Waals surface area contributed by atoms with Crippen LogP contribution in [-0.2, 0) is 10.0 Å². The Bertz CT molecular complexity index is 859. The van der Waals surface area contributed by atoms with Crippen LogP contribution in [0.15, 0.2) is 18.2 Å². The smallest absolute Gasteiger partial charge is 0.268 e. The zero-order valence-electron chi connectivity index (χ0n) is 14.6. The van der Waals surface area contributed by atoms with Crippen LogP contribution in [0.4, 0.5) is 10.1 Å². The van der Waals surface area contributed by atoms with Crippen LogP contribution in [-0.4, -0.2) is 37.8 Å². The Hall–Kier alpha value is -2.09. The number of unbranched alkanes of at least 4 members (excludes halogenated alkanes) is 1. The number of carbonyl (C=O) groups is 1. The first-order valence-electron chi connectivity index (χ1n) is 8.23. The Kier molecular flexibility index (Phi) is 6.05. The summed E-state index contributed by atoms with van der Waals surface area (Å²) in [5.74, 6) is -0.319. The summed E-state index contributed by atoms with van der Waals surface area (Å²) in [6, 6.07) is 5.08. The molecule has 1 aromatic carbocycles. The highest BCUT2D eigenvalue weighted by Gasteiger charge is 2.17. The number of benzene rings is 1. The van der Waals surface area contributed by atoms with Crippen molar-refractivity contribution >= 4 is 32.5 Å². The second-order valence-electron chi connectivity index (χ2n) is 6.33. The number of aryl methyl sites for hydroxylation is 1. The van der Waals surface area contributed by atoms with Crippen molar-refractivity contribution in [1.29, 1.82) is 0 Å². The summed E-state index contributed by atoms with van der Waals surface area (Å²) in [6.07, 6.45) is 0.502. The highest BCUT2D eigenvalue weighted by Crippen LogP contribution is 2.25. The van der Waals surface area contributed by atoms with Crippen molar-refractivity contribution in [2.45, 2.75) is 39.7 Å². The van der Waals surface area contributed by atoms with Crippen molar-refractivity contribution in [3.05, 3.63) is 29.5 Å². The third kappa shape index (κ3) is 4.94. The van der Waals surface area contributed by atoms with Crippen LogP contribution in [0.1, 0.15) is 42.7 Å². The monoisotopic (exact) mass is 369 g/mol. The normalized spacial score (nSPS) is 11.9. The molecule has 0 atom stereocenters. The van der Waals surface area contributed by atoms with E-state index in [1.807, 2.05) is 20.8 Å². The maximum atomic E-state index is 12.2. The van der Waals surface area contributed by atoms with Crippen molar-refractivity contribution < 1.29 is 17.6 Å². The lowest BCUT2D eigenvalue weighted by molar-refractivity contribution is 0.0938. The number of H-pyrrole nitrogens is 1. The maximum Gasteiger partial charge on any atom is 0.268 e. The highest BCUT2D eigenvalue weighted by molar-refractivity contribution is 7.92. The van der Waals surface area contributed by atoms with Crippen LogP contribution < -0.4 is 10.0 Å². The Balaban J connectivity index is 2.25. The second-order valence-corrected chi connectivity index (χ2v) is 8.17. The number of nitrogens with one attached hydrogen (secondary N) is 3. The number of aromatic nitrogens is 1. The molecule has 1 heterocycles. The number of sulfonamides is 1. The fourth-order valence-corrected chi connectivity index (χ4v) is 3.74. The fraction of sp³-hybridized carbons (Fsp3) is 0.471. The number of aromatic amines is 1. The third-order valence-corrected chi connectivity index (χ3v) is 5.15. The predicted octanol–water partition coefficient (Wildman–Crippen LogP) is 3.11. The van der Waals surface area contributed by atoms with E-state index in [0.29, 0.717) is 11.4 Å². The van der Waals surface area contributed by atoms with E-state index in [4.69, 9.17) is 0 Å². The van der Waals surface area contributed by atoms with Crippen LogP contribution in [0.25, 0.3) is 10.9 Å². The van der Waals surface area contributed by atoms with Crippen LogP contribution in [0, 0.1) is 6.92 Å². The van der Waals surface area contributed by atoms with E-state index in [9.17, 15) is 17.6 Å². The number of rotatable bonds is 8. The molecule has 0 saturated carbocycles. The molecule has 138 valence electrons. The Labute approximate surface area is 147 Å². The Morgan fingerprint density at radius 3 is 2.64 bits per heavy atom. The molecule has 0 bridgehead atoms. The Morgan fingerprint density at radius 2 is 2.00 bits per heavy atom. The minimum atomic E-state index is -3.52. The van der Waals surface area contributed by atoms with Crippen molar-refractivity contribution in [3.8, 4) is 0 Å². The van der Waals surface area contributed by atoms with Gasteiger partial charge in [0.05, 0.1) is 12.4 Å². The molecule has 2 rings (SSSR count). The molecule has 3 N–H and O–H groups in total. The summed E-state index contributed by atoms with van der Waals surface area (Å²) in [6.45, 7) is 5.05. The van der Waals surface area contributed by atoms with Gasteiger partial charge in [-0.1, -0.05) is 0 Å². The molecular weight excluding hydrogens is 345 g/mol. The van der Waals surface area contributed by atoms with Gasteiger partial charge < -0.3 is 10.3 Å².